The van der Waals surface area contributed by atoms with E-state index in [2.05, 4.69) is 74.3 Å². The molecule has 1 N–H and O–H groups in total. The Morgan fingerprint density at radius 2 is 1.67 bits per heavy atom. The molecule has 0 bridgehead atoms. The molecule has 2 aromatic rings. The number of unbranched alkanes of at least 4 members (excludes halogenated alkanes) is 2. The number of nitrogens with zero attached hydrogens (tertiary/aromatic N) is 1. The second-order valence-corrected chi connectivity index (χ2v) is 9.62. The monoisotopic (exact) mass is 450 g/mol. The van der Waals surface area contributed by atoms with E-state index in [1.807, 2.05) is 12.1 Å². The lowest BCUT2D eigenvalue weighted by Crippen LogP contribution is -2.53. The molecule has 4 heteroatoms. The Hall–Kier alpha value is -2.17. The van der Waals surface area contributed by atoms with Gasteiger partial charge in [0, 0.05) is 24.3 Å². The molecule has 1 atom stereocenters. The maximum atomic E-state index is 13.9. The Morgan fingerprint density at radius 3 is 2.24 bits per heavy atom. The van der Waals surface area contributed by atoms with Gasteiger partial charge in [-0.25, -0.2) is 0 Å². The lowest BCUT2D eigenvalue weighted by atomic mass is 9.80. The molecule has 1 unspecified atom stereocenters. The number of anilines is 1. The van der Waals surface area contributed by atoms with Crippen LogP contribution in [0, 0.1) is 0 Å². The van der Waals surface area contributed by atoms with Gasteiger partial charge in [0.2, 0.25) is 0 Å². The number of carbonyl (C=O) groups excluding carboxylic acids is 1. The minimum absolute atomic E-state index is 0.197. The summed E-state index contributed by atoms with van der Waals surface area (Å²) in [5.74, 6) is 0.705. The second kappa shape index (κ2) is 12.3. The van der Waals surface area contributed by atoms with Gasteiger partial charge in [-0.05, 0) is 67.1 Å². The van der Waals surface area contributed by atoms with E-state index in [4.69, 9.17) is 4.74 Å². The summed E-state index contributed by atoms with van der Waals surface area (Å²) in [5, 5.41) is 3.70. The highest BCUT2D eigenvalue weighted by atomic mass is 16.5. The quantitative estimate of drug-likeness (QED) is 0.318. The Morgan fingerprint density at radius 1 is 1.00 bits per heavy atom. The normalized spacial score (nSPS) is 16.1. The first kappa shape index (κ1) is 25.5. The Balaban J connectivity index is 1.82. The van der Waals surface area contributed by atoms with Crippen LogP contribution in [0.4, 0.5) is 5.69 Å². The summed E-state index contributed by atoms with van der Waals surface area (Å²) < 4.78 is 5.47. The third kappa shape index (κ3) is 6.68. The topological polar surface area (TPSA) is 41.6 Å². The van der Waals surface area contributed by atoms with Crippen molar-refractivity contribution in [3.8, 4) is 0 Å². The van der Waals surface area contributed by atoms with E-state index in [1.165, 1.54) is 24.0 Å². The van der Waals surface area contributed by atoms with E-state index < -0.39 is 5.54 Å². The zero-order valence-corrected chi connectivity index (χ0v) is 21.0. The number of ether oxygens (including phenoxy) is 1. The standard InChI is InChI=1S/C29H42N2O2/c1-5-7-8-17-30-29(6-2,22-24-9-11-25(12-10-24)23(3)4)28(32)26-13-15-27(16-14-26)31-18-20-33-21-19-31/h9-16,23,30H,5-8,17-22H2,1-4H3. The summed E-state index contributed by atoms with van der Waals surface area (Å²) >= 11 is 0. The molecule has 2 aromatic carbocycles. The third-order valence-electron chi connectivity index (χ3n) is 6.94. The average molecular weight is 451 g/mol. The van der Waals surface area contributed by atoms with Gasteiger partial charge in [0.15, 0.2) is 5.78 Å². The molecule has 0 saturated carbocycles. The van der Waals surface area contributed by atoms with Crippen LogP contribution in [0.3, 0.4) is 0 Å². The number of benzene rings is 2. The van der Waals surface area contributed by atoms with Crippen LogP contribution in [0.5, 0.6) is 0 Å². The highest BCUT2D eigenvalue weighted by molar-refractivity contribution is 6.03. The molecule has 1 aliphatic heterocycles. The molecule has 0 amide bonds. The molecular weight excluding hydrogens is 408 g/mol. The van der Waals surface area contributed by atoms with Crippen LogP contribution in [-0.4, -0.2) is 44.2 Å². The Labute approximate surface area is 200 Å². The van der Waals surface area contributed by atoms with Crippen molar-refractivity contribution in [1.29, 1.82) is 0 Å². The largest absolute Gasteiger partial charge is 0.378 e. The van der Waals surface area contributed by atoms with E-state index in [9.17, 15) is 4.79 Å². The van der Waals surface area contributed by atoms with Gasteiger partial charge in [0.1, 0.15) is 0 Å². The molecule has 0 aliphatic carbocycles. The van der Waals surface area contributed by atoms with E-state index >= 15 is 0 Å². The van der Waals surface area contributed by atoms with Crippen LogP contribution in [0.1, 0.15) is 80.8 Å². The molecule has 1 aliphatic rings. The number of morpholine rings is 1. The fraction of sp³-hybridized carbons (Fsp3) is 0.552. The lowest BCUT2D eigenvalue weighted by Gasteiger charge is -2.34. The fourth-order valence-corrected chi connectivity index (χ4v) is 4.63. The molecule has 3 rings (SSSR count). The lowest BCUT2D eigenvalue weighted by molar-refractivity contribution is 0.0841. The predicted octanol–water partition coefficient (Wildman–Crippen LogP) is 6.00. The van der Waals surface area contributed by atoms with Crippen LogP contribution >= 0.6 is 0 Å². The van der Waals surface area contributed by atoms with Gasteiger partial charge in [-0.3, -0.25) is 4.79 Å². The van der Waals surface area contributed by atoms with Crippen molar-refractivity contribution in [2.24, 2.45) is 0 Å². The first-order chi connectivity index (χ1) is 16.0. The maximum Gasteiger partial charge on any atom is 0.183 e. The molecule has 4 nitrogen and oxygen atoms in total. The average Bonchev–Trinajstić information content (AvgIpc) is 2.86. The summed E-state index contributed by atoms with van der Waals surface area (Å²) in [4.78, 5) is 16.3. The van der Waals surface area contributed by atoms with Crippen LogP contribution in [0.2, 0.25) is 0 Å². The molecule has 1 heterocycles. The first-order valence-corrected chi connectivity index (χ1v) is 12.8. The molecule has 180 valence electrons. The van der Waals surface area contributed by atoms with Crippen LogP contribution < -0.4 is 10.2 Å². The summed E-state index contributed by atoms with van der Waals surface area (Å²) in [5.41, 5.74) is 3.91. The number of ketones is 1. The first-order valence-electron chi connectivity index (χ1n) is 12.8. The van der Waals surface area contributed by atoms with Gasteiger partial charge in [-0.2, -0.15) is 0 Å². The number of carbonyl (C=O) groups is 1. The summed E-state index contributed by atoms with van der Waals surface area (Å²) in [6.45, 7) is 13.0. The number of hydrogen-bond donors (Lipinski definition) is 1. The predicted molar refractivity (Wildman–Crippen MR) is 139 cm³/mol. The highest BCUT2D eigenvalue weighted by Crippen LogP contribution is 2.26. The van der Waals surface area contributed by atoms with Crippen LogP contribution in [-0.2, 0) is 11.2 Å². The van der Waals surface area contributed by atoms with Crippen molar-refractivity contribution in [1.82, 2.24) is 5.32 Å². The van der Waals surface area contributed by atoms with Crippen molar-refractivity contribution in [2.75, 3.05) is 37.7 Å². The minimum atomic E-state index is -0.590. The van der Waals surface area contributed by atoms with Crippen molar-refractivity contribution >= 4 is 11.5 Å². The maximum absolute atomic E-state index is 13.9. The number of Topliss-reactive ketones (excluding diaryl/α,β-unsaturated/α-hetero) is 1. The zero-order valence-electron chi connectivity index (χ0n) is 21.0. The van der Waals surface area contributed by atoms with Gasteiger partial charge >= 0.3 is 0 Å². The molecule has 1 fully saturated rings. The van der Waals surface area contributed by atoms with Gasteiger partial charge in [-0.15, -0.1) is 0 Å². The minimum Gasteiger partial charge on any atom is -0.378 e. The SMILES string of the molecule is CCCCCNC(CC)(Cc1ccc(C(C)C)cc1)C(=O)c1ccc(N2CCOCC2)cc1. The molecule has 0 aromatic heterocycles. The van der Waals surface area contributed by atoms with Crippen LogP contribution in [0.15, 0.2) is 48.5 Å². The van der Waals surface area contributed by atoms with Gasteiger partial charge in [0.25, 0.3) is 0 Å². The number of hydrogen-bond acceptors (Lipinski definition) is 4. The van der Waals surface area contributed by atoms with E-state index in [0.717, 1.165) is 56.9 Å². The van der Waals surface area contributed by atoms with Crippen molar-refractivity contribution in [3.63, 3.8) is 0 Å². The summed E-state index contributed by atoms with van der Waals surface area (Å²) in [6, 6.07) is 17.0. The van der Waals surface area contributed by atoms with Gasteiger partial charge in [-0.1, -0.05) is 64.8 Å². The Kier molecular flexibility index (Phi) is 9.52. The molecule has 1 saturated heterocycles. The summed E-state index contributed by atoms with van der Waals surface area (Å²) in [6.07, 6.45) is 4.91. The molecule has 0 radical (unpaired) electrons. The van der Waals surface area contributed by atoms with Crippen molar-refractivity contribution < 1.29 is 9.53 Å². The van der Waals surface area contributed by atoms with E-state index in [1.54, 1.807) is 0 Å². The van der Waals surface area contributed by atoms with Crippen molar-refractivity contribution in [3.05, 3.63) is 65.2 Å². The zero-order chi connectivity index (χ0) is 23.7. The van der Waals surface area contributed by atoms with Gasteiger partial charge in [0.05, 0.1) is 18.8 Å². The Bertz CT molecular complexity index is 854. The van der Waals surface area contributed by atoms with E-state index in [-0.39, 0.29) is 5.78 Å². The highest BCUT2D eigenvalue weighted by Gasteiger charge is 2.36. The number of nitrogens with one attached hydrogen (secondary N) is 1. The summed E-state index contributed by atoms with van der Waals surface area (Å²) in [7, 11) is 0. The number of rotatable bonds is 12. The fourth-order valence-electron chi connectivity index (χ4n) is 4.63. The smallest absolute Gasteiger partial charge is 0.183 e. The molecule has 33 heavy (non-hydrogen) atoms. The molecule has 0 spiro atoms. The second-order valence-electron chi connectivity index (χ2n) is 9.62. The van der Waals surface area contributed by atoms with Gasteiger partial charge < -0.3 is 15.0 Å². The van der Waals surface area contributed by atoms with Crippen LogP contribution in [0.25, 0.3) is 0 Å². The van der Waals surface area contributed by atoms with E-state index in [0.29, 0.717) is 12.3 Å². The van der Waals surface area contributed by atoms with Crippen molar-refractivity contribution in [2.45, 2.75) is 71.3 Å². The molecular formula is C29H42N2O2. The third-order valence-corrected chi connectivity index (χ3v) is 6.94.